The molecule has 3 rings (SSSR count). The molecule has 0 aliphatic heterocycles. The quantitative estimate of drug-likeness (QED) is 0.528. The van der Waals surface area contributed by atoms with E-state index in [1.807, 2.05) is 50.2 Å². The van der Waals surface area contributed by atoms with Crippen LogP contribution in [0.15, 0.2) is 65.2 Å². The second kappa shape index (κ2) is 8.26. The zero-order chi connectivity index (χ0) is 20.3. The molecule has 0 saturated heterocycles. The minimum absolute atomic E-state index is 0.106. The molecule has 1 saturated carbocycles. The number of nitrogens with zero attached hydrogens (tertiary/aromatic N) is 1. The van der Waals surface area contributed by atoms with Gasteiger partial charge >= 0.3 is 5.97 Å². The van der Waals surface area contributed by atoms with E-state index in [-0.39, 0.29) is 21.7 Å². The van der Waals surface area contributed by atoms with E-state index in [0.29, 0.717) is 17.1 Å². The fourth-order valence-electron chi connectivity index (χ4n) is 3.27. The summed E-state index contributed by atoms with van der Waals surface area (Å²) in [7, 11) is 0. The Bertz CT molecular complexity index is 913. The smallest absolute Gasteiger partial charge is 0.311 e. The first-order valence-electron chi connectivity index (χ1n) is 8.78. The summed E-state index contributed by atoms with van der Waals surface area (Å²) in [5.41, 5.74) is 0.275. The Labute approximate surface area is 174 Å². The Morgan fingerprint density at radius 1 is 1.11 bits per heavy atom. The van der Waals surface area contributed by atoms with Crippen molar-refractivity contribution >= 4 is 29.2 Å². The predicted octanol–water partition coefficient (Wildman–Crippen LogP) is 6.18. The number of halogens is 2. The lowest BCUT2D eigenvalue weighted by atomic mass is 10.1. The van der Waals surface area contributed by atoms with Gasteiger partial charge in [-0.05, 0) is 41.7 Å². The van der Waals surface area contributed by atoms with Crippen molar-refractivity contribution in [2.75, 3.05) is 0 Å². The number of para-hydroxylation sites is 1. The fraction of sp³-hybridized carbons (Fsp3) is 0.273. The molecule has 0 spiro atoms. The molecule has 0 unspecified atom stereocenters. The first kappa shape index (κ1) is 20.3. The van der Waals surface area contributed by atoms with Crippen LogP contribution < -0.4 is 4.74 Å². The van der Waals surface area contributed by atoms with Crippen LogP contribution in [0.1, 0.15) is 25.5 Å². The molecule has 1 fully saturated rings. The number of carbonyl (C=O) groups is 1. The normalized spacial score (nSPS) is 20.4. The van der Waals surface area contributed by atoms with Crippen molar-refractivity contribution < 1.29 is 14.3 Å². The molecule has 1 aliphatic carbocycles. The third kappa shape index (κ3) is 4.49. The lowest BCUT2D eigenvalue weighted by Gasteiger charge is -2.13. The second-order valence-electron chi connectivity index (χ2n) is 7.21. The highest BCUT2D eigenvalue weighted by Crippen LogP contribution is 2.60. The van der Waals surface area contributed by atoms with Gasteiger partial charge in [0.1, 0.15) is 22.1 Å². The number of carbonyl (C=O) groups excluding carboxylic acids is 1. The molecule has 0 amide bonds. The molecule has 0 heterocycles. The molecule has 0 radical (unpaired) electrons. The van der Waals surface area contributed by atoms with Crippen LogP contribution in [0.25, 0.3) is 0 Å². The molecule has 2 aromatic carbocycles. The molecule has 28 heavy (non-hydrogen) atoms. The largest absolute Gasteiger partial charge is 0.457 e. The van der Waals surface area contributed by atoms with E-state index in [9.17, 15) is 10.1 Å². The summed E-state index contributed by atoms with van der Waals surface area (Å²) < 4.78 is 11.3. The van der Waals surface area contributed by atoms with Crippen LogP contribution in [-0.4, -0.2) is 5.97 Å². The Hall–Kier alpha value is -2.48. The van der Waals surface area contributed by atoms with Crippen LogP contribution in [0.3, 0.4) is 0 Å². The highest BCUT2D eigenvalue weighted by Gasteiger charge is 2.62. The summed E-state index contributed by atoms with van der Waals surface area (Å²) in [6.45, 7) is 3.88. The van der Waals surface area contributed by atoms with Crippen LogP contribution in [0.5, 0.6) is 11.5 Å². The summed E-state index contributed by atoms with van der Waals surface area (Å²) in [6, 6.07) is 18.3. The molecule has 0 aromatic heterocycles. The molecular weight excluding hydrogens is 397 g/mol. The zero-order valence-corrected chi connectivity index (χ0v) is 16.9. The maximum Gasteiger partial charge on any atom is 0.311 e. The summed E-state index contributed by atoms with van der Waals surface area (Å²) in [4.78, 5) is 12.6. The van der Waals surface area contributed by atoms with Crippen LogP contribution in [0.4, 0.5) is 0 Å². The van der Waals surface area contributed by atoms with Gasteiger partial charge in [-0.1, -0.05) is 67.4 Å². The summed E-state index contributed by atoms with van der Waals surface area (Å²) in [5.74, 6) is 0.425. The third-order valence-electron chi connectivity index (χ3n) is 4.98. The maximum absolute atomic E-state index is 12.6. The monoisotopic (exact) mass is 415 g/mol. The van der Waals surface area contributed by atoms with E-state index in [0.717, 1.165) is 0 Å². The average molecular weight is 416 g/mol. The van der Waals surface area contributed by atoms with Gasteiger partial charge in [-0.25, -0.2) is 0 Å². The molecule has 1 aliphatic rings. The number of ether oxygens (including phenoxy) is 2. The van der Waals surface area contributed by atoms with E-state index in [2.05, 4.69) is 0 Å². The minimum Gasteiger partial charge on any atom is -0.457 e. The number of esters is 1. The van der Waals surface area contributed by atoms with Crippen molar-refractivity contribution in [3.8, 4) is 17.6 Å². The van der Waals surface area contributed by atoms with Crippen molar-refractivity contribution in [2.45, 2.75) is 20.0 Å². The molecular formula is C22H19Cl2NO3. The van der Waals surface area contributed by atoms with Crippen LogP contribution in [0, 0.1) is 28.6 Å². The van der Waals surface area contributed by atoms with Crippen molar-refractivity contribution in [3.63, 3.8) is 0 Å². The van der Waals surface area contributed by atoms with Crippen molar-refractivity contribution in [1.29, 1.82) is 5.26 Å². The number of hydrogen-bond acceptors (Lipinski definition) is 4. The molecule has 0 N–H and O–H groups in total. The molecule has 144 valence electrons. The van der Waals surface area contributed by atoms with Gasteiger partial charge in [-0.15, -0.1) is 0 Å². The predicted molar refractivity (Wildman–Crippen MR) is 108 cm³/mol. The highest BCUT2D eigenvalue weighted by molar-refractivity contribution is 6.55. The number of hydrogen-bond donors (Lipinski definition) is 0. The fourth-order valence-corrected chi connectivity index (χ4v) is 3.54. The first-order valence-corrected chi connectivity index (χ1v) is 9.54. The molecule has 6 heteroatoms. The van der Waals surface area contributed by atoms with Gasteiger partial charge in [0.25, 0.3) is 0 Å². The third-order valence-corrected chi connectivity index (χ3v) is 5.24. The number of rotatable bonds is 6. The lowest BCUT2D eigenvalue weighted by Crippen LogP contribution is -2.14. The summed E-state index contributed by atoms with van der Waals surface area (Å²) >= 11 is 11.4. The van der Waals surface area contributed by atoms with E-state index in [1.165, 1.54) is 0 Å². The van der Waals surface area contributed by atoms with Gasteiger partial charge in [0.2, 0.25) is 6.10 Å². The van der Waals surface area contributed by atoms with Gasteiger partial charge < -0.3 is 9.47 Å². The van der Waals surface area contributed by atoms with Crippen LogP contribution in [0.2, 0.25) is 0 Å². The lowest BCUT2D eigenvalue weighted by molar-refractivity contribution is -0.149. The van der Waals surface area contributed by atoms with E-state index < -0.39 is 12.1 Å². The minimum atomic E-state index is -0.995. The SMILES string of the molecule is CC1(C)[C@@H](C=C(Cl)Cl)[C@@H]1C(=O)O[C@@H](C#N)c1ccc(Oc2ccccc2)cc1. The molecule has 0 bridgehead atoms. The van der Waals surface area contributed by atoms with Gasteiger partial charge in [0.05, 0.1) is 5.92 Å². The van der Waals surface area contributed by atoms with Crippen molar-refractivity contribution in [2.24, 2.45) is 17.3 Å². The van der Waals surface area contributed by atoms with Gasteiger partial charge in [0, 0.05) is 5.56 Å². The molecule has 2 aromatic rings. The number of nitriles is 1. The van der Waals surface area contributed by atoms with Crippen molar-refractivity contribution in [1.82, 2.24) is 0 Å². The maximum atomic E-state index is 12.6. The topological polar surface area (TPSA) is 59.3 Å². The van der Waals surface area contributed by atoms with E-state index in [4.69, 9.17) is 32.7 Å². The number of benzene rings is 2. The second-order valence-corrected chi connectivity index (χ2v) is 8.22. The van der Waals surface area contributed by atoms with E-state index >= 15 is 0 Å². The Balaban J connectivity index is 1.66. The first-order chi connectivity index (χ1) is 13.3. The zero-order valence-electron chi connectivity index (χ0n) is 15.4. The summed E-state index contributed by atoms with van der Waals surface area (Å²) in [5, 5.41) is 9.46. The van der Waals surface area contributed by atoms with Gasteiger partial charge in [0.15, 0.2) is 0 Å². The van der Waals surface area contributed by atoms with Crippen LogP contribution in [-0.2, 0) is 9.53 Å². The molecule has 3 atom stereocenters. The molecule has 4 nitrogen and oxygen atoms in total. The van der Waals surface area contributed by atoms with E-state index in [1.54, 1.807) is 30.3 Å². The summed E-state index contributed by atoms with van der Waals surface area (Å²) in [6.07, 6.45) is 0.650. The Morgan fingerprint density at radius 2 is 1.71 bits per heavy atom. The number of allylic oxidation sites excluding steroid dienone is 1. The Morgan fingerprint density at radius 3 is 2.29 bits per heavy atom. The standard InChI is InChI=1S/C22H19Cl2NO3/c1-22(2)17(12-19(23)24)20(22)21(26)28-18(13-25)14-8-10-16(11-9-14)27-15-6-4-3-5-7-15/h3-12,17-18,20H,1-2H3/t17-,18-,20+/m0/s1. The van der Waals surface area contributed by atoms with Gasteiger partial charge in [-0.2, -0.15) is 5.26 Å². The van der Waals surface area contributed by atoms with Crippen LogP contribution >= 0.6 is 23.2 Å². The van der Waals surface area contributed by atoms with Crippen molar-refractivity contribution in [3.05, 3.63) is 70.7 Å². The average Bonchev–Trinajstić information content (AvgIpc) is 3.20. The Kier molecular flexibility index (Phi) is 5.98. The highest BCUT2D eigenvalue weighted by atomic mass is 35.5. The van der Waals surface area contributed by atoms with Gasteiger partial charge in [-0.3, -0.25) is 4.79 Å².